The summed E-state index contributed by atoms with van der Waals surface area (Å²) < 4.78 is 0. The molecule has 2 aromatic rings. The molecule has 0 heterocycles. The van der Waals surface area contributed by atoms with E-state index in [4.69, 9.17) is 5.11 Å². The summed E-state index contributed by atoms with van der Waals surface area (Å²) in [6.07, 6.45) is 1.24. The summed E-state index contributed by atoms with van der Waals surface area (Å²) in [4.78, 5) is 11.7. The van der Waals surface area contributed by atoms with E-state index in [1.807, 2.05) is 30.3 Å². The Kier molecular flexibility index (Phi) is 4.56. The second-order valence-corrected chi connectivity index (χ2v) is 4.43. The highest BCUT2D eigenvalue weighted by atomic mass is 16.3. The van der Waals surface area contributed by atoms with Gasteiger partial charge in [0.1, 0.15) is 5.75 Å². The van der Waals surface area contributed by atoms with Gasteiger partial charge < -0.3 is 10.4 Å². The normalized spacial score (nSPS) is 10.1. The maximum absolute atomic E-state index is 11.7. The average molecular weight is 255 g/mol. The number of amides is 1. The standard InChI is InChI=1S/C16H17NO2/c18-15-9-6-14(7-10-15)12-17-16(19)11-8-13-4-2-1-3-5-13/h1-7,9-10,18H,8,11-12H2,(H,17,19). The molecule has 98 valence electrons. The number of phenols is 1. The number of hydrogen-bond donors (Lipinski definition) is 2. The van der Waals surface area contributed by atoms with E-state index in [-0.39, 0.29) is 11.7 Å². The SMILES string of the molecule is O=C(CCc1ccccc1)NCc1ccc(O)cc1. The molecule has 0 saturated carbocycles. The fraction of sp³-hybridized carbons (Fsp3) is 0.188. The molecule has 0 aliphatic carbocycles. The Balaban J connectivity index is 1.74. The minimum atomic E-state index is 0.0388. The highest BCUT2D eigenvalue weighted by Gasteiger charge is 2.02. The third-order valence-electron chi connectivity index (χ3n) is 2.91. The minimum absolute atomic E-state index is 0.0388. The average Bonchev–Trinajstić information content (AvgIpc) is 2.45. The first-order valence-electron chi connectivity index (χ1n) is 6.32. The smallest absolute Gasteiger partial charge is 0.220 e. The van der Waals surface area contributed by atoms with Crippen molar-refractivity contribution in [2.45, 2.75) is 19.4 Å². The third-order valence-corrected chi connectivity index (χ3v) is 2.91. The van der Waals surface area contributed by atoms with Crippen LogP contribution in [0, 0.1) is 0 Å². The van der Waals surface area contributed by atoms with Crippen molar-refractivity contribution in [3.05, 3.63) is 65.7 Å². The Morgan fingerprint density at radius 3 is 2.32 bits per heavy atom. The topological polar surface area (TPSA) is 49.3 Å². The van der Waals surface area contributed by atoms with Crippen LogP contribution in [0.2, 0.25) is 0 Å². The van der Waals surface area contributed by atoms with Gasteiger partial charge in [0.25, 0.3) is 0 Å². The van der Waals surface area contributed by atoms with Crippen molar-refractivity contribution >= 4 is 5.91 Å². The molecular weight excluding hydrogens is 238 g/mol. The molecule has 2 aromatic carbocycles. The van der Waals surface area contributed by atoms with Crippen LogP contribution >= 0.6 is 0 Å². The summed E-state index contributed by atoms with van der Waals surface area (Å²) in [5.74, 6) is 0.274. The van der Waals surface area contributed by atoms with E-state index in [9.17, 15) is 4.79 Å². The second kappa shape index (κ2) is 6.59. The molecule has 3 heteroatoms. The fourth-order valence-electron chi connectivity index (χ4n) is 1.81. The van der Waals surface area contributed by atoms with E-state index in [2.05, 4.69) is 5.32 Å². The Labute approximate surface area is 112 Å². The Bertz CT molecular complexity index is 520. The fourth-order valence-corrected chi connectivity index (χ4v) is 1.81. The van der Waals surface area contributed by atoms with E-state index >= 15 is 0 Å². The van der Waals surface area contributed by atoms with Crippen molar-refractivity contribution in [3.63, 3.8) is 0 Å². The first kappa shape index (κ1) is 13.1. The molecule has 0 aliphatic rings. The summed E-state index contributed by atoms with van der Waals surface area (Å²) in [7, 11) is 0. The largest absolute Gasteiger partial charge is 0.508 e. The van der Waals surface area contributed by atoms with Crippen LogP contribution in [-0.2, 0) is 17.8 Å². The van der Waals surface area contributed by atoms with Gasteiger partial charge in [-0.25, -0.2) is 0 Å². The molecule has 0 spiro atoms. The van der Waals surface area contributed by atoms with Crippen LogP contribution in [0.25, 0.3) is 0 Å². The van der Waals surface area contributed by atoms with Gasteiger partial charge in [-0.05, 0) is 29.7 Å². The Hall–Kier alpha value is -2.29. The third kappa shape index (κ3) is 4.47. The summed E-state index contributed by atoms with van der Waals surface area (Å²) >= 11 is 0. The van der Waals surface area contributed by atoms with Crippen LogP contribution in [0.3, 0.4) is 0 Å². The molecule has 0 saturated heterocycles. The van der Waals surface area contributed by atoms with E-state index < -0.39 is 0 Å². The molecule has 0 bridgehead atoms. The van der Waals surface area contributed by atoms with E-state index in [0.29, 0.717) is 13.0 Å². The van der Waals surface area contributed by atoms with Crippen LogP contribution in [-0.4, -0.2) is 11.0 Å². The molecule has 0 fully saturated rings. The van der Waals surface area contributed by atoms with Gasteiger partial charge in [-0.1, -0.05) is 42.5 Å². The summed E-state index contributed by atoms with van der Waals surface area (Å²) in [5, 5.41) is 12.0. The van der Waals surface area contributed by atoms with E-state index in [1.165, 1.54) is 5.56 Å². The molecule has 0 unspecified atom stereocenters. The zero-order valence-electron chi connectivity index (χ0n) is 10.7. The van der Waals surface area contributed by atoms with Crippen molar-refractivity contribution in [1.82, 2.24) is 5.32 Å². The van der Waals surface area contributed by atoms with Gasteiger partial charge >= 0.3 is 0 Å². The predicted octanol–water partition coefficient (Wildman–Crippen LogP) is 2.64. The Morgan fingerprint density at radius 2 is 1.63 bits per heavy atom. The summed E-state index contributed by atoms with van der Waals surface area (Å²) in [6, 6.07) is 16.8. The van der Waals surface area contributed by atoms with E-state index in [0.717, 1.165) is 12.0 Å². The minimum Gasteiger partial charge on any atom is -0.508 e. The van der Waals surface area contributed by atoms with Gasteiger partial charge in [0.2, 0.25) is 5.91 Å². The van der Waals surface area contributed by atoms with Crippen molar-refractivity contribution in [2.75, 3.05) is 0 Å². The quantitative estimate of drug-likeness (QED) is 0.863. The highest BCUT2D eigenvalue weighted by molar-refractivity contribution is 5.76. The van der Waals surface area contributed by atoms with Crippen LogP contribution in [0.1, 0.15) is 17.5 Å². The highest BCUT2D eigenvalue weighted by Crippen LogP contribution is 2.09. The lowest BCUT2D eigenvalue weighted by Gasteiger charge is -2.05. The molecule has 2 rings (SSSR count). The number of benzene rings is 2. The molecule has 0 radical (unpaired) electrons. The first-order valence-corrected chi connectivity index (χ1v) is 6.32. The van der Waals surface area contributed by atoms with E-state index in [1.54, 1.807) is 24.3 Å². The first-order chi connectivity index (χ1) is 9.24. The lowest BCUT2D eigenvalue weighted by molar-refractivity contribution is -0.121. The molecule has 19 heavy (non-hydrogen) atoms. The van der Waals surface area contributed by atoms with Gasteiger partial charge in [0.05, 0.1) is 0 Å². The van der Waals surface area contributed by atoms with Gasteiger partial charge in [-0.3, -0.25) is 4.79 Å². The molecule has 2 N–H and O–H groups in total. The lowest BCUT2D eigenvalue weighted by atomic mass is 10.1. The summed E-state index contributed by atoms with van der Waals surface area (Å²) in [5.41, 5.74) is 2.15. The molecule has 3 nitrogen and oxygen atoms in total. The van der Waals surface area contributed by atoms with Gasteiger partial charge in [0, 0.05) is 13.0 Å². The molecule has 0 aliphatic heterocycles. The lowest BCUT2D eigenvalue weighted by Crippen LogP contribution is -2.22. The van der Waals surface area contributed by atoms with Crippen LogP contribution in [0.4, 0.5) is 0 Å². The molecule has 0 aromatic heterocycles. The molecule has 0 atom stereocenters. The van der Waals surface area contributed by atoms with Crippen molar-refractivity contribution < 1.29 is 9.90 Å². The number of carbonyl (C=O) groups is 1. The molecular formula is C16H17NO2. The van der Waals surface area contributed by atoms with Crippen molar-refractivity contribution in [2.24, 2.45) is 0 Å². The van der Waals surface area contributed by atoms with Gasteiger partial charge in [0.15, 0.2) is 0 Å². The number of hydrogen-bond acceptors (Lipinski definition) is 2. The van der Waals surface area contributed by atoms with Gasteiger partial charge in [-0.15, -0.1) is 0 Å². The van der Waals surface area contributed by atoms with Crippen LogP contribution in [0.15, 0.2) is 54.6 Å². The number of carbonyl (C=O) groups excluding carboxylic acids is 1. The predicted molar refractivity (Wildman–Crippen MR) is 74.7 cm³/mol. The van der Waals surface area contributed by atoms with Gasteiger partial charge in [-0.2, -0.15) is 0 Å². The van der Waals surface area contributed by atoms with Crippen molar-refractivity contribution in [3.8, 4) is 5.75 Å². The zero-order chi connectivity index (χ0) is 13.5. The Morgan fingerprint density at radius 1 is 0.947 bits per heavy atom. The maximum Gasteiger partial charge on any atom is 0.220 e. The number of rotatable bonds is 5. The number of aromatic hydroxyl groups is 1. The number of phenolic OH excluding ortho intramolecular Hbond substituents is 1. The maximum atomic E-state index is 11.7. The zero-order valence-corrected chi connectivity index (χ0v) is 10.7. The molecule has 1 amide bonds. The summed E-state index contributed by atoms with van der Waals surface area (Å²) in [6.45, 7) is 0.494. The van der Waals surface area contributed by atoms with Crippen molar-refractivity contribution in [1.29, 1.82) is 0 Å². The second-order valence-electron chi connectivity index (χ2n) is 4.43. The monoisotopic (exact) mass is 255 g/mol. The number of nitrogens with one attached hydrogen (secondary N) is 1. The van der Waals surface area contributed by atoms with Crippen LogP contribution in [0.5, 0.6) is 5.75 Å². The van der Waals surface area contributed by atoms with Crippen LogP contribution < -0.4 is 5.32 Å². The number of aryl methyl sites for hydroxylation is 1.